The predicted molar refractivity (Wildman–Crippen MR) is 60.8 cm³/mol. The lowest BCUT2D eigenvalue weighted by atomic mass is 10.2. The summed E-state index contributed by atoms with van der Waals surface area (Å²) < 4.78 is 4.91. The zero-order valence-corrected chi connectivity index (χ0v) is 9.17. The summed E-state index contributed by atoms with van der Waals surface area (Å²) in [5.41, 5.74) is 6.08. The lowest BCUT2D eigenvalue weighted by Crippen LogP contribution is -2.31. The molecule has 1 rings (SSSR count). The summed E-state index contributed by atoms with van der Waals surface area (Å²) in [6, 6.07) is 5.03. The molecule has 0 saturated heterocycles. The van der Waals surface area contributed by atoms with Crippen LogP contribution in [-0.4, -0.2) is 16.9 Å². The van der Waals surface area contributed by atoms with E-state index >= 15 is 0 Å². The minimum atomic E-state index is -0.729. The molecule has 1 aromatic carbocycles. The van der Waals surface area contributed by atoms with Crippen LogP contribution in [0.25, 0.3) is 0 Å². The van der Waals surface area contributed by atoms with Gasteiger partial charge in [-0.25, -0.2) is 0 Å². The van der Waals surface area contributed by atoms with Crippen molar-refractivity contribution in [1.82, 2.24) is 0 Å². The maximum absolute atomic E-state index is 11.2. The summed E-state index contributed by atoms with van der Waals surface area (Å²) in [5, 5.41) is 10.4. The molecule has 0 aliphatic carbocycles. The molecule has 0 amide bonds. The van der Waals surface area contributed by atoms with Crippen LogP contribution in [0.4, 0.5) is 5.69 Å². The molecule has 0 aliphatic heterocycles. The highest BCUT2D eigenvalue weighted by molar-refractivity contribution is 5.75. The Balaban J connectivity index is 2.53. The normalized spacial score (nSPS) is 11.9. The Morgan fingerprint density at radius 2 is 2.06 bits per heavy atom. The van der Waals surface area contributed by atoms with E-state index in [4.69, 9.17) is 10.5 Å². The zero-order valence-electron chi connectivity index (χ0n) is 9.17. The Morgan fingerprint density at radius 1 is 1.47 bits per heavy atom. The number of carbonyl (C=O) groups excluding carboxylic acids is 1. The summed E-state index contributed by atoms with van der Waals surface area (Å²) in [6.07, 6.45) is 0.263. The van der Waals surface area contributed by atoms with Crippen molar-refractivity contribution in [3.8, 4) is 0 Å². The minimum absolute atomic E-state index is 0.00506. The van der Waals surface area contributed by atoms with Crippen molar-refractivity contribution in [3.63, 3.8) is 0 Å². The van der Waals surface area contributed by atoms with Crippen molar-refractivity contribution in [2.45, 2.75) is 19.1 Å². The smallest absolute Gasteiger partial charge is 0.323 e. The molecule has 1 radical (unpaired) electrons. The predicted octanol–water partition coefficient (Wildman–Crippen LogP) is 1.19. The largest absolute Gasteiger partial charge is 0.460 e. The Labute approximate surface area is 98.5 Å². The number of carbonyl (C=O) groups is 1. The van der Waals surface area contributed by atoms with Gasteiger partial charge in [0.15, 0.2) is 0 Å². The summed E-state index contributed by atoms with van der Waals surface area (Å²) >= 11 is 0. The van der Waals surface area contributed by atoms with Crippen LogP contribution in [0.15, 0.2) is 24.3 Å². The maximum Gasteiger partial charge on any atom is 0.323 e. The van der Waals surface area contributed by atoms with Gasteiger partial charge in [-0.05, 0) is 24.1 Å². The van der Waals surface area contributed by atoms with E-state index in [0.717, 1.165) is 0 Å². The van der Waals surface area contributed by atoms with Crippen molar-refractivity contribution >= 4 is 11.7 Å². The van der Waals surface area contributed by atoms with Gasteiger partial charge in [-0.2, -0.15) is 0 Å². The lowest BCUT2D eigenvalue weighted by molar-refractivity contribution is -0.384. The van der Waals surface area contributed by atoms with Gasteiger partial charge < -0.3 is 10.5 Å². The fraction of sp³-hybridized carbons (Fsp3) is 0.273. The summed E-state index contributed by atoms with van der Waals surface area (Å²) in [7, 11) is 0. The summed E-state index contributed by atoms with van der Waals surface area (Å²) in [6.45, 7) is 3.54. The first-order valence-electron chi connectivity index (χ1n) is 4.99. The van der Waals surface area contributed by atoms with Crippen molar-refractivity contribution in [3.05, 3.63) is 46.9 Å². The highest BCUT2D eigenvalue weighted by Gasteiger charge is 2.12. The number of nitro benzene ring substituents is 1. The SMILES string of the molecule is [CH2]CC(N)C(=O)OCc1ccc([N+](=O)[O-])cc1. The van der Waals surface area contributed by atoms with Crippen LogP contribution in [0, 0.1) is 17.0 Å². The first-order valence-corrected chi connectivity index (χ1v) is 4.99. The van der Waals surface area contributed by atoms with Gasteiger partial charge in [0, 0.05) is 12.1 Å². The Morgan fingerprint density at radius 3 is 2.53 bits per heavy atom. The van der Waals surface area contributed by atoms with Crippen LogP contribution < -0.4 is 5.73 Å². The van der Waals surface area contributed by atoms with Crippen LogP contribution in [0.3, 0.4) is 0 Å². The maximum atomic E-state index is 11.2. The lowest BCUT2D eigenvalue weighted by Gasteiger charge is -2.08. The molecule has 0 aliphatic rings. The molecule has 6 heteroatoms. The molecule has 6 nitrogen and oxygen atoms in total. The third-order valence-electron chi connectivity index (χ3n) is 2.14. The van der Waals surface area contributed by atoms with Crippen LogP contribution in [0.2, 0.25) is 0 Å². The van der Waals surface area contributed by atoms with Crippen molar-refractivity contribution in [1.29, 1.82) is 0 Å². The second-order valence-corrected chi connectivity index (χ2v) is 3.43. The molecule has 1 aromatic rings. The molecule has 1 atom stereocenters. The monoisotopic (exact) mass is 237 g/mol. The van der Waals surface area contributed by atoms with Gasteiger partial charge in [-0.15, -0.1) is 0 Å². The number of hydrogen-bond donors (Lipinski definition) is 1. The highest BCUT2D eigenvalue weighted by atomic mass is 16.6. The minimum Gasteiger partial charge on any atom is -0.460 e. The average Bonchev–Trinajstić information content (AvgIpc) is 2.35. The third-order valence-corrected chi connectivity index (χ3v) is 2.14. The van der Waals surface area contributed by atoms with E-state index in [2.05, 4.69) is 6.92 Å². The second kappa shape index (κ2) is 5.95. The van der Waals surface area contributed by atoms with E-state index in [9.17, 15) is 14.9 Å². The van der Waals surface area contributed by atoms with Crippen molar-refractivity contribution in [2.24, 2.45) is 5.73 Å². The number of nitrogens with zero attached hydrogens (tertiary/aromatic N) is 1. The molecule has 0 bridgehead atoms. The molecule has 0 fully saturated rings. The number of nitrogens with two attached hydrogens (primary N) is 1. The molecule has 0 aromatic heterocycles. The molecule has 0 heterocycles. The molecule has 2 N–H and O–H groups in total. The van der Waals surface area contributed by atoms with Crippen LogP contribution in [0.5, 0.6) is 0 Å². The number of non-ortho nitro benzene ring substituents is 1. The molecular formula is C11H13N2O4. The van der Waals surface area contributed by atoms with Gasteiger partial charge in [0.1, 0.15) is 12.6 Å². The number of rotatable bonds is 5. The van der Waals surface area contributed by atoms with Gasteiger partial charge in [0.25, 0.3) is 5.69 Å². The van der Waals surface area contributed by atoms with Gasteiger partial charge >= 0.3 is 5.97 Å². The van der Waals surface area contributed by atoms with E-state index in [0.29, 0.717) is 5.56 Å². The van der Waals surface area contributed by atoms with Gasteiger partial charge in [0.05, 0.1) is 4.92 Å². The Kier molecular flexibility index (Phi) is 4.59. The fourth-order valence-corrected chi connectivity index (χ4v) is 1.09. The number of hydrogen-bond acceptors (Lipinski definition) is 5. The first-order chi connectivity index (χ1) is 8.04. The highest BCUT2D eigenvalue weighted by Crippen LogP contribution is 2.12. The topological polar surface area (TPSA) is 95.5 Å². The van der Waals surface area contributed by atoms with E-state index in [1.54, 1.807) is 0 Å². The second-order valence-electron chi connectivity index (χ2n) is 3.43. The van der Waals surface area contributed by atoms with Crippen LogP contribution >= 0.6 is 0 Å². The van der Waals surface area contributed by atoms with Gasteiger partial charge in [0.2, 0.25) is 0 Å². The number of nitro groups is 1. The number of esters is 1. The van der Waals surface area contributed by atoms with Gasteiger partial charge in [-0.1, -0.05) is 6.92 Å². The van der Waals surface area contributed by atoms with Crippen molar-refractivity contribution in [2.75, 3.05) is 0 Å². The quantitative estimate of drug-likeness (QED) is 0.471. The average molecular weight is 237 g/mol. The third kappa shape index (κ3) is 3.84. The Hall–Kier alpha value is -1.95. The van der Waals surface area contributed by atoms with E-state index < -0.39 is 16.9 Å². The standard InChI is InChI=1S/C11H13N2O4/c1-2-10(12)11(14)17-7-8-3-5-9(6-4-8)13(15)16/h3-6,10H,1-2,7,12H2. The molecule has 1 unspecified atom stereocenters. The number of benzene rings is 1. The molecule has 0 saturated carbocycles. The van der Waals surface area contributed by atoms with Crippen LogP contribution in [0.1, 0.15) is 12.0 Å². The summed E-state index contributed by atoms with van der Waals surface area (Å²) in [5.74, 6) is -0.529. The zero-order chi connectivity index (χ0) is 12.8. The molecule has 17 heavy (non-hydrogen) atoms. The first kappa shape index (κ1) is 13.1. The summed E-state index contributed by atoms with van der Waals surface area (Å²) in [4.78, 5) is 21.1. The van der Waals surface area contributed by atoms with E-state index in [1.807, 2.05) is 0 Å². The van der Waals surface area contributed by atoms with E-state index in [1.165, 1.54) is 24.3 Å². The number of ether oxygens (including phenoxy) is 1. The van der Waals surface area contributed by atoms with Crippen LogP contribution in [-0.2, 0) is 16.1 Å². The Bertz CT molecular complexity index is 402. The molecule has 91 valence electrons. The molecule has 0 spiro atoms. The molecular weight excluding hydrogens is 224 g/mol. The van der Waals surface area contributed by atoms with Crippen molar-refractivity contribution < 1.29 is 14.5 Å². The van der Waals surface area contributed by atoms with E-state index in [-0.39, 0.29) is 18.7 Å². The van der Waals surface area contributed by atoms with Gasteiger partial charge in [-0.3, -0.25) is 14.9 Å². The fourth-order valence-electron chi connectivity index (χ4n) is 1.09.